The highest BCUT2D eigenvalue weighted by molar-refractivity contribution is 5.97. The maximum Gasteiger partial charge on any atom is 0.338 e. The summed E-state index contributed by atoms with van der Waals surface area (Å²) in [6.07, 6.45) is 0. The van der Waals surface area contributed by atoms with E-state index in [0.717, 1.165) is 17.1 Å². The zero-order valence-electron chi connectivity index (χ0n) is 16.6. The number of esters is 1. The van der Waals surface area contributed by atoms with Crippen molar-refractivity contribution in [2.45, 2.75) is 20.8 Å². The molecular weight excluding hydrogens is 368 g/mol. The number of rotatable bonds is 6. The van der Waals surface area contributed by atoms with Crippen LogP contribution < -0.4 is 5.32 Å². The molecule has 0 atom stereocenters. The van der Waals surface area contributed by atoms with Gasteiger partial charge in [0.15, 0.2) is 12.4 Å². The summed E-state index contributed by atoms with van der Waals surface area (Å²) < 4.78 is 7.17. The minimum atomic E-state index is -0.570. The van der Waals surface area contributed by atoms with Gasteiger partial charge in [0.25, 0.3) is 5.91 Å². The summed E-state index contributed by atoms with van der Waals surface area (Å²) in [5.41, 5.74) is 4.61. The van der Waals surface area contributed by atoms with Crippen LogP contribution in [0, 0.1) is 13.8 Å². The summed E-state index contributed by atoms with van der Waals surface area (Å²) in [5, 5.41) is 2.62. The first kappa shape index (κ1) is 20.1. The lowest BCUT2D eigenvalue weighted by molar-refractivity contribution is -0.119. The van der Waals surface area contributed by atoms with Gasteiger partial charge in [0.05, 0.1) is 5.56 Å². The summed E-state index contributed by atoms with van der Waals surface area (Å²) in [4.78, 5) is 35.5. The monoisotopic (exact) mass is 390 g/mol. The number of carbonyl (C=O) groups is 3. The zero-order chi connectivity index (χ0) is 21.0. The lowest BCUT2D eigenvalue weighted by Gasteiger charge is -2.10. The second-order valence-electron chi connectivity index (χ2n) is 6.76. The third-order valence-electron chi connectivity index (χ3n) is 4.54. The van der Waals surface area contributed by atoms with E-state index in [0.29, 0.717) is 16.8 Å². The van der Waals surface area contributed by atoms with Crippen molar-refractivity contribution in [2.75, 3.05) is 11.9 Å². The number of hydrogen-bond donors (Lipinski definition) is 1. The number of ether oxygens (including phenoxy) is 1. The van der Waals surface area contributed by atoms with E-state index in [4.69, 9.17) is 4.74 Å². The largest absolute Gasteiger partial charge is 0.452 e. The van der Waals surface area contributed by atoms with E-state index in [1.807, 2.05) is 38.1 Å². The molecule has 0 saturated carbocycles. The third-order valence-corrected chi connectivity index (χ3v) is 4.54. The molecule has 0 aliphatic carbocycles. The molecule has 0 unspecified atom stereocenters. The second-order valence-corrected chi connectivity index (χ2v) is 6.76. The van der Waals surface area contributed by atoms with Gasteiger partial charge < -0.3 is 14.6 Å². The van der Waals surface area contributed by atoms with Gasteiger partial charge >= 0.3 is 5.97 Å². The maximum atomic E-state index is 12.2. The first-order valence-electron chi connectivity index (χ1n) is 9.18. The fourth-order valence-corrected chi connectivity index (χ4v) is 3.02. The maximum absolute atomic E-state index is 12.2. The Morgan fingerprint density at radius 2 is 1.38 bits per heavy atom. The number of carbonyl (C=O) groups excluding carboxylic acids is 3. The average molecular weight is 390 g/mol. The van der Waals surface area contributed by atoms with E-state index in [9.17, 15) is 14.4 Å². The molecule has 148 valence electrons. The molecule has 6 nitrogen and oxygen atoms in total. The molecule has 0 radical (unpaired) electrons. The van der Waals surface area contributed by atoms with E-state index in [-0.39, 0.29) is 5.78 Å². The third kappa shape index (κ3) is 4.79. The quantitative estimate of drug-likeness (QED) is 0.508. The molecule has 0 aliphatic rings. The first-order valence-corrected chi connectivity index (χ1v) is 9.18. The Morgan fingerprint density at radius 1 is 0.828 bits per heavy atom. The molecular formula is C23H22N2O4. The van der Waals surface area contributed by atoms with E-state index in [1.165, 1.54) is 6.92 Å². The minimum absolute atomic E-state index is 0.0510. The molecule has 6 heteroatoms. The summed E-state index contributed by atoms with van der Waals surface area (Å²) in [7, 11) is 0. The standard InChI is InChI=1S/C23H22N2O4/c1-15-4-5-16(2)25(15)21-12-8-19(9-13-21)23(28)29-14-22(27)24-20-10-6-18(7-11-20)17(3)26/h4-13H,14H2,1-3H3,(H,24,27). The summed E-state index contributed by atoms with van der Waals surface area (Å²) in [6, 6.07) is 17.6. The zero-order valence-corrected chi connectivity index (χ0v) is 16.6. The predicted octanol–water partition coefficient (Wildman–Crippen LogP) is 4.09. The van der Waals surface area contributed by atoms with Crippen LogP contribution in [0.3, 0.4) is 0 Å². The number of anilines is 1. The molecule has 29 heavy (non-hydrogen) atoms. The van der Waals surface area contributed by atoms with Crippen molar-refractivity contribution in [3.05, 3.63) is 83.2 Å². The van der Waals surface area contributed by atoms with E-state index < -0.39 is 18.5 Å². The molecule has 0 aliphatic heterocycles. The van der Waals surface area contributed by atoms with Crippen molar-refractivity contribution in [3.63, 3.8) is 0 Å². The first-order chi connectivity index (χ1) is 13.8. The normalized spacial score (nSPS) is 10.4. The van der Waals surface area contributed by atoms with Crippen LogP contribution in [-0.2, 0) is 9.53 Å². The number of nitrogens with one attached hydrogen (secondary N) is 1. The Hall–Kier alpha value is -3.67. The number of ketones is 1. The molecule has 0 spiro atoms. The molecule has 1 amide bonds. The van der Waals surface area contributed by atoms with Gasteiger partial charge in [0.1, 0.15) is 0 Å². The van der Waals surface area contributed by atoms with Gasteiger partial charge in [-0.2, -0.15) is 0 Å². The Kier molecular flexibility index (Phi) is 5.93. The number of aryl methyl sites for hydroxylation is 2. The Labute approximate surface area is 169 Å². The molecule has 1 aromatic heterocycles. The number of aromatic nitrogens is 1. The molecule has 1 heterocycles. The summed E-state index contributed by atoms with van der Waals surface area (Å²) in [5.74, 6) is -1.08. The van der Waals surface area contributed by atoms with Gasteiger partial charge in [-0.25, -0.2) is 4.79 Å². The molecule has 0 fully saturated rings. The van der Waals surface area contributed by atoms with Crippen molar-refractivity contribution in [1.82, 2.24) is 4.57 Å². The highest BCUT2D eigenvalue weighted by Gasteiger charge is 2.12. The van der Waals surface area contributed by atoms with Crippen LogP contribution >= 0.6 is 0 Å². The van der Waals surface area contributed by atoms with Gasteiger partial charge in [-0.1, -0.05) is 0 Å². The molecule has 3 aromatic rings. The van der Waals surface area contributed by atoms with E-state index in [2.05, 4.69) is 9.88 Å². The number of amides is 1. The summed E-state index contributed by atoms with van der Waals surface area (Å²) >= 11 is 0. The van der Waals surface area contributed by atoms with E-state index in [1.54, 1.807) is 36.4 Å². The number of benzene rings is 2. The predicted molar refractivity (Wildman–Crippen MR) is 111 cm³/mol. The van der Waals surface area contributed by atoms with E-state index >= 15 is 0 Å². The Morgan fingerprint density at radius 3 is 1.93 bits per heavy atom. The Balaban J connectivity index is 1.56. The van der Waals surface area contributed by atoms with Gasteiger partial charge in [-0.05, 0) is 81.4 Å². The highest BCUT2D eigenvalue weighted by atomic mass is 16.5. The fraction of sp³-hybridized carbons (Fsp3) is 0.174. The van der Waals surface area contributed by atoms with Crippen molar-refractivity contribution < 1.29 is 19.1 Å². The van der Waals surface area contributed by atoms with Crippen LogP contribution in [0.5, 0.6) is 0 Å². The smallest absolute Gasteiger partial charge is 0.338 e. The van der Waals surface area contributed by atoms with Crippen LogP contribution in [0.15, 0.2) is 60.7 Å². The van der Waals surface area contributed by atoms with Crippen LogP contribution in [0.4, 0.5) is 5.69 Å². The van der Waals surface area contributed by atoms with Crippen LogP contribution in [-0.4, -0.2) is 28.8 Å². The van der Waals surface area contributed by atoms with Crippen LogP contribution in [0.1, 0.15) is 39.0 Å². The van der Waals surface area contributed by atoms with Crippen LogP contribution in [0.25, 0.3) is 5.69 Å². The molecule has 1 N–H and O–H groups in total. The number of Topliss-reactive ketones (excluding diaryl/α,β-unsaturated/α-hetero) is 1. The Bertz CT molecular complexity index is 1030. The SMILES string of the molecule is CC(=O)c1ccc(NC(=O)COC(=O)c2ccc(-n3c(C)ccc3C)cc2)cc1. The lowest BCUT2D eigenvalue weighted by Crippen LogP contribution is -2.21. The van der Waals surface area contributed by atoms with Gasteiger partial charge in [0, 0.05) is 28.3 Å². The molecule has 0 saturated heterocycles. The van der Waals surface area contributed by atoms with Gasteiger partial charge in [0.2, 0.25) is 0 Å². The molecule has 3 rings (SSSR count). The highest BCUT2D eigenvalue weighted by Crippen LogP contribution is 2.17. The topological polar surface area (TPSA) is 77.4 Å². The van der Waals surface area contributed by atoms with Crippen LogP contribution in [0.2, 0.25) is 0 Å². The summed E-state index contributed by atoms with van der Waals surface area (Å²) in [6.45, 7) is 5.11. The van der Waals surface area contributed by atoms with Crippen molar-refractivity contribution in [3.8, 4) is 5.69 Å². The van der Waals surface area contributed by atoms with Crippen molar-refractivity contribution in [1.29, 1.82) is 0 Å². The van der Waals surface area contributed by atoms with Crippen molar-refractivity contribution >= 4 is 23.3 Å². The fourth-order valence-electron chi connectivity index (χ4n) is 3.02. The molecule has 0 bridgehead atoms. The average Bonchev–Trinajstić information content (AvgIpc) is 3.05. The number of nitrogens with zero attached hydrogens (tertiary/aromatic N) is 1. The van der Waals surface area contributed by atoms with Gasteiger partial charge in [-0.15, -0.1) is 0 Å². The van der Waals surface area contributed by atoms with Crippen molar-refractivity contribution in [2.24, 2.45) is 0 Å². The van der Waals surface area contributed by atoms with Gasteiger partial charge in [-0.3, -0.25) is 9.59 Å². The second kappa shape index (κ2) is 8.56. The minimum Gasteiger partial charge on any atom is -0.452 e. The molecule has 2 aromatic carbocycles. The lowest BCUT2D eigenvalue weighted by atomic mass is 10.1. The number of hydrogen-bond acceptors (Lipinski definition) is 4.